The van der Waals surface area contributed by atoms with E-state index in [0.717, 1.165) is 30.8 Å². The number of nitrogens with zero attached hydrogens (tertiary/aromatic N) is 4. The third-order valence-electron chi connectivity index (χ3n) is 6.23. The lowest BCUT2D eigenvalue weighted by molar-refractivity contribution is -0.135. The van der Waals surface area contributed by atoms with E-state index in [1.54, 1.807) is 0 Å². The lowest BCUT2D eigenvalue weighted by Gasteiger charge is -2.25. The van der Waals surface area contributed by atoms with Crippen LogP contribution in [0.2, 0.25) is 0 Å². The van der Waals surface area contributed by atoms with Crippen LogP contribution in [-0.2, 0) is 16.1 Å². The molecule has 2 aromatic rings. The molecule has 31 heavy (non-hydrogen) atoms. The van der Waals surface area contributed by atoms with Crippen LogP contribution in [-0.4, -0.2) is 54.3 Å². The van der Waals surface area contributed by atoms with Crippen LogP contribution in [0.5, 0.6) is 0 Å². The number of hydrogen-bond acceptors (Lipinski definition) is 4. The molecule has 4 rings (SSSR count). The van der Waals surface area contributed by atoms with Crippen molar-refractivity contribution in [3.05, 3.63) is 65.2 Å². The molecule has 0 spiro atoms. The fraction of sp³-hybridized carbons (Fsp3) is 0.400. The Labute approximate surface area is 183 Å². The average Bonchev–Trinajstić information content (AvgIpc) is 2.99. The second kappa shape index (κ2) is 9.22. The first-order valence-electron chi connectivity index (χ1n) is 10.9. The fourth-order valence-electron chi connectivity index (χ4n) is 4.41. The molecule has 2 amide bonds. The van der Waals surface area contributed by atoms with Gasteiger partial charge in [-0.25, -0.2) is 0 Å². The Morgan fingerprint density at radius 1 is 1.03 bits per heavy atom. The van der Waals surface area contributed by atoms with E-state index in [1.165, 1.54) is 5.56 Å². The summed E-state index contributed by atoms with van der Waals surface area (Å²) in [7, 11) is 0. The van der Waals surface area contributed by atoms with Crippen molar-refractivity contribution in [3.63, 3.8) is 0 Å². The van der Waals surface area contributed by atoms with Gasteiger partial charge in [-0.2, -0.15) is 5.26 Å². The lowest BCUT2D eigenvalue weighted by Crippen LogP contribution is -2.40. The number of carbonyl (C=O) groups is 2. The van der Waals surface area contributed by atoms with Crippen LogP contribution in [0, 0.1) is 24.2 Å². The van der Waals surface area contributed by atoms with E-state index in [4.69, 9.17) is 5.26 Å². The first-order valence-corrected chi connectivity index (χ1v) is 10.9. The van der Waals surface area contributed by atoms with Crippen LogP contribution >= 0.6 is 0 Å². The predicted molar refractivity (Wildman–Crippen MR) is 119 cm³/mol. The number of hydrogen-bond donors (Lipinski definition) is 0. The van der Waals surface area contributed by atoms with Crippen molar-refractivity contribution in [2.24, 2.45) is 5.92 Å². The van der Waals surface area contributed by atoms with Crippen LogP contribution in [0.25, 0.3) is 0 Å². The van der Waals surface area contributed by atoms with Gasteiger partial charge in [0, 0.05) is 51.4 Å². The van der Waals surface area contributed by atoms with E-state index in [1.807, 2.05) is 53.1 Å². The minimum absolute atomic E-state index is 0.0629. The number of amides is 2. The van der Waals surface area contributed by atoms with Crippen molar-refractivity contribution in [2.75, 3.05) is 37.6 Å². The van der Waals surface area contributed by atoms with E-state index >= 15 is 0 Å². The predicted octanol–water partition coefficient (Wildman–Crippen LogP) is 2.95. The molecule has 160 valence electrons. The van der Waals surface area contributed by atoms with Gasteiger partial charge in [0.2, 0.25) is 11.8 Å². The zero-order chi connectivity index (χ0) is 21.8. The van der Waals surface area contributed by atoms with Gasteiger partial charge < -0.3 is 14.7 Å². The molecular formula is C25H28N4O2. The molecule has 0 aromatic heterocycles. The van der Waals surface area contributed by atoms with Gasteiger partial charge in [-0.1, -0.05) is 29.8 Å². The van der Waals surface area contributed by atoms with Crippen molar-refractivity contribution < 1.29 is 9.59 Å². The third kappa shape index (κ3) is 4.88. The highest BCUT2D eigenvalue weighted by molar-refractivity contribution is 5.89. The Morgan fingerprint density at radius 3 is 2.48 bits per heavy atom. The first-order chi connectivity index (χ1) is 15.0. The summed E-state index contributed by atoms with van der Waals surface area (Å²) in [5.41, 5.74) is 4.02. The maximum absolute atomic E-state index is 13.2. The number of nitriles is 1. The number of anilines is 1. The number of rotatable bonds is 4. The summed E-state index contributed by atoms with van der Waals surface area (Å²) >= 11 is 0. The number of benzene rings is 2. The van der Waals surface area contributed by atoms with Crippen molar-refractivity contribution >= 4 is 17.5 Å². The minimum Gasteiger partial charge on any atom is -0.370 e. The van der Waals surface area contributed by atoms with Gasteiger partial charge in [0.05, 0.1) is 17.6 Å². The molecule has 0 aliphatic carbocycles. The molecule has 0 saturated carbocycles. The third-order valence-corrected chi connectivity index (χ3v) is 6.23. The Balaban J connectivity index is 1.34. The largest absolute Gasteiger partial charge is 0.370 e. The Hall–Kier alpha value is -3.33. The number of aryl methyl sites for hydroxylation is 1. The second-order valence-corrected chi connectivity index (χ2v) is 8.49. The van der Waals surface area contributed by atoms with Gasteiger partial charge in [-0.05, 0) is 43.2 Å². The van der Waals surface area contributed by atoms with Crippen LogP contribution in [0.3, 0.4) is 0 Å². The SMILES string of the molecule is Cc1ccc(CN2CC(C(=O)N3CCCN(c4ccc(C#N)cc4)CC3)CC2=O)cc1. The maximum atomic E-state index is 13.2. The van der Waals surface area contributed by atoms with Crippen molar-refractivity contribution in [2.45, 2.75) is 26.3 Å². The van der Waals surface area contributed by atoms with Gasteiger partial charge >= 0.3 is 0 Å². The van der Waals surface area contributed by atoms with E-state index in [-0.39, 0.29) is 17.7 Å². The molecule has 2 heterocycles. The Morgan fingerprint density at radius 2 is 1.77 bits per heavy atom. The molecule has 0 bridgehead atoms. The Kier molecular flexibility index (Phi) is 6.22. The molecule has 2 fully saturated rings. The number of likely N-dealkylation sites (tertiary alicyclic amines) is 1. The molecule has 1 atom stereocenters. The smallest absolute Gasteiger partial charge is 0.228 e. The summed E-state index contributed by atoms with van der Waals surface area (Å²) < 4.78 is 0. The molecule has 0 radical (unpaired) electrons. The summed E-state index contributed by atoms with van der Waals surface area (Å²) in [5, 5.41) is 8.98. The van der Waals surface area contributed by atoms with Crippen molar-refractivity contribution in [1.82, 2.24) is 9.80 Å². The summed E-state index contributed by atoms with van der Waals surface area (Å²) in [6.45, 7) is 6.11. The van der Waals surface area contributed by atoms with Gasteiger partial charge in [0.25, 0.3) is 0 Å². The topological polar surface area (TPSA) is 67.7 Å². The quantitative estimate of drug-likeness (QED) is 0.769. The highest BCUT2D eigenvalue weighted by atomic mass is 16.2. The molecule has 0 N–H and O–H groups in total. The summed E-state index contributed by atoms with van der Waals surface area (Å²) in [4.78, 5) is 31.7. The summed E-state index contributed by atoms with van der Waals surface area (Å²) in [6, 6.07) is 17.9. The molecule has 2 aromatic carbocycles. The molecule has 2 aliphatic heterocycles. The first kappa shape index (κ1) is 20.9. The Bertz CT molecular complexity index is 978. The second-order valence-electron chi connectivity index (χ2n) is 8.49. The zero-order valence-electron chi connectivity index (χ0n) is 18.0. The van der Waals surface area contributed by atoms with E-state index in [9.17, 15) is 9.59 Å². The monoisotopic (exact) mass is 416 g/mol. The average molecular weight is 417 g/mol. The van der Waals surface area contributed by atoms with Gasteiger partial charge in [0.15, 0.2) is 0 Å². The van der Waals surface area contributed by atoms with Crippen molar-refractivity contribution in [1.29, 1.82) is 5.26 Å². The van der Waals surface area contributed by atoms with E-state index in [2.05, 4.69) is 23.1 Å². The van der Waals surface area contributed by atoms with Gasteiger partial charge in [0.1, 0.15) is 0 Å². The highest BCUT2D eigenvalue weighted by Crippen LogP contribution is 2.24. The van der Waals surface area contributed by atoms with Crippen molar-refractivity contribution in [3.8, 4) is 6.07 Å². The normalized spacial score (nSPS) is 19.3. The molecule has 2 aliphatic rings. The van der Waals surface area contributed by atoms with Gasteiger partial charge in [-0.15, -0.1) is 0 Å². The minimum atomic E-state index is -0.251. The molecule has 2 saturated heterocycles. The van der Waals surface area contributed by atoms with Crippen LogP contribution < -0.4 is 4.90 Å². The maximum Gasteiger partial charge on any atom is 0.228 e. The molecule has 6 heteroatoms. The fourth-order valence-corrected chi connectivity index (χ4v) is 4.41. The van der Waals surface area contributed by atoms with Gasteiger partial charge in [-0.3, -0.25) is 9.59 Å². The standard InChI is InChI=1S/C25H28N4O2/c1-19-3-5-21(6-4-19)17-29-18-22(15-24(29)30)25(31)28-12-2-11-27(13-14-28)23-9-7-20(16-26)8-10-23/h3-10,22H,2,11-15,17-18H2,1H3. The summed E-state index contributed by atoms with van der Waals surface area (Å²) in [5.74, 6) is -0.0891. The molecule has 6 nitrogen and oxygen atoms in total. The van der Waals surface area contributed by atoms with E-state index < -0.39 is 0 Å². The van der Waals surface area contributed by atoms with Crippen LogP contribution in [0.4, 0.5) is 5.69 Å². The van der Waals surface area contributed by atoms with Crippen LogP contribution in [0.1, 0.15) is 29.5 Å². The zero-order valence-corrected chi connectivity index (χ0v) is 18.0. The van der Waals surface area contributed by atoms with E-state index in [0.29, 0.717) is 38.2 Å². The molecule has 1 unspecified atom stereocenters. The highest BCUT2D eigenvalue weighted by Gasteiger charge is 2.36. The van der Waals surface area contributed by atoms with Crippen LogP contribution in [0.15, 0.2) is 48.5 Å². The molecular weight excluding hydrogens is 388 g/mol. The summed E-state index contributed by atoms with van der Waals surface area (Å²) in [6.07, 6.45) is 1.19. The lowest BCUT2D eigenvalue weighted by atomic mass is 10.1. The number of carbonyl (C=O) groups excluding carboxylic acids is 2.